The Bertz CT molecular complexity index is 116. The second kappa shape index (κ2) is 3.57. The maximum Gasteiger partial charge on any atom is -0.00205 e. The van der Waals surface area contributed by atoms with Gasteiger partial charge in [-0.25, -0.2) is 0 Å². The van der Waals surface area contributed by atoms with Crippen LogP contribution in [-0.4, -0.2) is 6.54 Å². The molecule has 1 heteroatoms. The third-order valence-electron chi connectivity index (χ3n) is 3.56. The van der Waals surface area contributed by atoms with Crippen LogP contribution in [0, 0.1) is 11.3 Å². The summed E-state index contributed by atoms with van der Waals surface area (Å²) in [5.74, 6) is 0.971. The van der Waals surface area contributed by atoms with Crippen molar-refractivity contribution in [3.63, 3.8) is 0 Å². The van der Waals surface area contributed by atoms with Crippen molar-refractivity contribution in [2.45, 2.75) is 46.0 Å². The second-order valence-electron chi connectivity index (χ2n) is 4.07. The topological polar surface area (TPSA) is 26.0 Å². The zero-order chi connectivity index (χ0) is 8.32. The Hall–Kier alpha value is -0.0400. The summed E-state index contributed by atoms with van der Waals surface area (Å²) in [6.45, 7) is 5.48. The van der Waals surface area contributed by atoms with Crippen LogP contribution in [0.2, 0.25) is 0 Å². The number of rotatable bonds is 3. The maximum atomic E-state index is 5.80. The lowest BCUT2D eigenvalue weighted by Gasteiger charge is -2.25. The Balaban J connectivity index is 2.48. The van der Waals surface area contributed by atoms with Crippen LogP contribution in [0.25, 0.3) is 0 Å². The van der Waals surface area contributed by atoms with E-state index in [-0.39, 0.29) is 0 Å². The van der Waals surface area contributed by atoms with Crippen LogP contribution in [0.3, 0.4) is 0 Å². The fourth-order valence-electron chi connectivity index (χ4n) is 2.33. The first kappa shape index (κ1) is 9.05. The van der Waals surface area contributed by atoms with Gasteiger partial charge in [0.15, 0.2) is 0 Å². The van der Waals surface area contributed by atoms with E-state index in [0.29, 0.717) is 5.41 Å². The Morgan fingerprint density at radius 2 is 2.18 bits per heavy atom. The first-order chi connectivity index (χ1) is 5.26. The smallest absolute Gasteiger partial charge is 0.00205 e. The molecular weight excluding hydrogens is 134 g/mol. The van der Waals surface area contributed by atoms with Crippen LogP contribution >= 0.6 is 0 Å². The van der Waals surface area contributed by atoms with E-state index in [1.807, 2.05) is 0 Å². The van der Waals surface area contributed by atoms with Crippen molar-refractivity contribution in [1.82, 2.24) is 0 Å². The molecule has 0 spiro atoms. The van der Waals surface area contributed by atoms with Gasteiger partial charge in [-0.05, 0) is 43.6 Å². The van der Waals surface area contributed by atoms with Gasteiger partial charge in [0, 0.05) is 0 Å². The summed E-state index contributed by atoms with van der Waals surface area (Å²) in [6, 6.07) is 0. The number of hydrogen-bond donors (Lipinski definition) is 1. The van der Waals surface area contributed by atoms with Gasteiger partial charge in [0.05, 0.1) is 0 Å². The molecule has 0 aliphatic heterocycles. The third-order valence-corrected chi connectivity index (χ3v) is 3.56. The summed E-state index contributed by atoms with van der Waals surface area (Å²) >= 11 is 0. The summed E-state index contributed by atoms with van der Waals surface area (Å²) in [5.41, 5.74) is 6.32. The molecule has 0 amide bonds. The Kier molecular flexibility index (Phi) is 2.94. The fourth-order valence-corrected chi connectivity index (χ4v) is 2.33. The largest absolute Gasteiger partial charge is 0.330 e. The molecule has 2 unspecified atom stereocenters. The molecule has 2 atom stereocenters. The van der Waals surface area contributed by atoms with Crippen molar-refractivity contribution in [2.24, 2.45) is 17.1 Å². The van der Waals surface area contributed by atoms with E-state index in [9.17, 15) is 0 Å². The molecule has 1 saturated carbocycles. The SMILES string of the molecule is CCC1CCC(CC)(CN)C1. The first-order valence-electron chi connectivity index (χ1n) is 4.96. The van der Waals surface area contributed by atoms with Crippen molar-refractivity contribution >= 4 is 0 Å². The highest BCUT2D eigenvalue weighted by molar-refractivity contribution is 4.88. The van der Waals surface area contributed by atoms with E-state index < -0.39 is 0 Å². The quantitative estimate of drug-likeness (QED) is 0.666. The predicted molar refractivity (Wildman–Crippen MR) is 49.4 cm³/mol. The molecule has 66 valence electrons. The molecule has 0 radical (unpaired) electrons. The normalized spacial score (nSPS) is 37.9. The van der Waals surface area contributed by atoms with Gasteiger partial charge >= 0.3 is 0 Å². The van der Waals surface area contributed by atoms with E-state index in [0.717, 1.165) is 12.5 Å². The van der Waals surface area contributed by atoms with E-state index in [2.05, 4.69) is 13.8 Å². The monoisotopic (exact) mass is 155 g/mol. The van der Waals surface area contributed by atoms with Crippen LogP contribution in [0.4, 0.5) is 0 Å². The van der Waals surface area contributed by atoms with Crippen LogP contribution in [-0.2, 0) is 0 Å². The lowest BCUT2D eigenvalue weighted by atomic mass is 9.82. The molecule has 0 saturated heterocycles. The average molecular weight is 155 g/mol. The third kappa shape index (κ3) is 1.76. The molecule has 1 nitrogen and oxygen atoms in total. The molecule has 1 aliphatic rings. The molecule has 2 N–H and O–H groups in total. The maximum absolute atomic E-state index is 5.80. The highest BCUT2D eigenvalue weighted by Gasteiger charge is 2.35. The summed E-state index contributed by atoms with van der Waals surface area (Å²) in [7, 11) is 0. The predicted octanol–water partition coefficient (Wildman–Crippen LogP) is 2.55. The van der Waals surface area contributed by atoms with Gasteiger partial charge in [-0.15, -0.1) is 0 Å². The Morgan fingerprint density at radius 1 is 1.45 bits per heavy atom. The average Bonchev–Trinajstić information content (AvgIpc) is 2.49. The van der Waals surface area contributed by atoms with Gasteiger partial charge < -0.3 is 5.73 Å². The van der Waals surface area contributed by atoms with E-state index >= 15 is 0 Å². The lowest BCUT2D eigenvalue weighted by molar-refractivity contribution is 0.281. The highest BCUT2D eigenvalue weighted by atomic mass is 14.6. The van der Waals surface area contributed by atoms with Crippen molar-refractivity contribution in [2.75, 3.05) is 6.54 Å². The fraction of sp³-hybridized carbons (Fsp3) is 1.00. The van der Waals surface area contributed by atoms with Gasteiger partial charge in [-0.2, -0.15) is 0 Å². The van der Waals surface area contributed by atoms with Crippen LogP contribution in [0.5, 0.6) is 0 Å². The lowest BCUT2D eigenvalue weighted by Crippen LogP contribution is -2.26. The molecule has 1 fully saturated rings. The molecule has 1 rings (SSSR count). The minimum absolute atomic E-state index is 0.528. The number of hydrogen-bond acceptors (Lipinski definition) is 1. The van der Waals surface area contributed by atoms with Crippen LogP contribution in [0.15, 0.2) is 0 Å². The van der Waals surface area contributed by atoms with Gasteiger partial charge in [0.2, 0.25) is 0 Å². The summed E-state index contributed by atoms with van der Waals surface area (Å²) < 4.78 is 0. The van der Waals surface area contributed by atoms with Crippen molar-refractivity contribution in [3.8, 4) is 0 Å². The molecule has 11 heavy (non-hydrogen) atoms. The molecule has 0 aromatic heterocycles. The molecular formula is C10H21N. The zero-order valence-corrected chi connectivity index (χ0v) is 7.90. The summed E-state index contributed by atoms with van der Waals surface area (Å²) in [4.78, 5) is 0. The van der Waals surface area contributed by atoms with Crippen LogP contribution < -0.4 is 5.73 Å². The molecule has 1 aliphatic carbocycles. The molecule has 0 aromatic rings. The minimum Gasteiger partial charge on any atom is -0.330 e. The highest BCUT2D eigenvalue weighted by Crippen LogP contribution is 2.44. The van der Waals surface area contributed by atoms with Gasteiger partial charge in [-0.3, -0.25) is 0 Å². The first-order valence-corrected chi connectivity index (χ1v) is 4.96. The van der Waals surface area contributed by atoms with Gasteiger partial charge in [0.25, 0.3) is 0 Å². The molecule has 0 aromatic carbocycles. The molecule has 0 heterocycles. The Labute approximate surface area is 70.4 Å². The van der Waals surface area contributed by atoms with Crippen molar-refractivity contribution < 1.29 is 0 Å². The van der Waals surface area contributed by atoms with E-state index in [1.165, 1.54) is 32.1 Å². The second-order valence-corrected chi connectivity index (χ2v) is 4.07. The summed E-state index contributed by atoms with van der Waals surface area (Å²) in [5, 5.41) is 0. The zero-order valence-electron chi connectivity index (χ0n) is 7.90. The van der Waals surface area contributed by atoms with Crippen molar-refractivity contribution in [3.05, 3.63) is 0 Å². The minimum atomic E-state index is 0.528. The summed E-state index contributed by atoms with van der Waals surface area (Å²) in [6.07, 6.45) is 6.80. The Morgan fingerprint density at radius 3 is 2.45 bits per heavy atom. The van der Waals surface area contributed by atoms with Gasteiger partial charge in [-0.1, -0.05) is 20.3 Å². The number of nitrogens with two attached hydrogens (primary N) is 1. The molecule has 0 bridgehead atoms. The van der Waals surface area contributed by atoms with Crippen molar-refractivity contribution in [1.29, 1.82) is 0 Å². The van der Waals surface area contributed by atoms with E-state index in [4.69, 9.17) is 5.73 Å². The van der Waals surface area contributed by atoms with Crippen LogP contribution in [0.1, 0.15) is 46.0 Å². The van der Waals surface area contributed by atoms with E-state index in [1.54, 1.807) is 0 Å². The standard InChI is InChI=1S/C10H21N/c1-3-9-5-6-10(4-2,7-9)8-11/h9H,3-8,11H2,1-2H3. The van der Waals surface area contributed by atoms with Gasteiger partial charge in [0.1, 0.15) is 0 Å².